The van der Waals surface area contributed by atoms with E-state index in [0.717, 1.165) is 6.42 Å². The number of nitrogens with zero attached hydrogens (tertiary/aromatic N) is 2. The van der Waals surface area contributed by atoms with Gasteiger partial charge in [-0.15, -0.1) is 0 Å². The SMILES string of the molecule is CN(C)CCOC(=O)N1[C@@H](COC(=O)C(C)(C)C)CCC[C@H]1COC(=O)C(C)(C)C. The first kappa shape index (κ1) is 26.2. The lowest BCUT2D eigenvalue weighted by molar-refractivity contribution is -0.157. The van der Waals surface area contributed by atoms with Gasteiger partial charge in [-0.25, -0.2) is 4.79 Å². The Morgan fingerprint density at radius 3 is 1.63 bits per heavy atom. The van der Waals surface area contributed by atoms with Crippen molar-refractivity contribution in [3.8, 4) is 0 Å². The predicted octanol–water partition coefficient (Wildman–Crippen LogP) is 3.09. The number of hydrogen-bond donors (Lipinski definition) is 0. The lowest BCUT2D eigenvalue weighted by atomic mass is 9.95. The molecule has 1 rings (SSSR count). The lowest BCUT2D eigenvalue weighted by Crippen LogP contribution is -2.54. The van der Waals surface area contributed by atoms with E-state index < -0.39 is 16.9 Å². The van der Waals surface area contributed by atoms with Crippen molar-refractivity contribution in [2.24, 2.45) is 10.8 Å². The highest BCUT2D eigenvalue weighted by molar-refractivity contribution is 5.76. The quantitative estimate of drug-likeness (QED) is 0.455. The van der Waals surface area contributed by atoms with E-state index in [4.69, 9.17) is 14.2 Å². The Morgan fingerprint density at radius 1 is 0.833 bits per heavy atom. The molecule has 2 atom stereocenters. The van der Waals surface area contributed by atoms with Gasteiger partial charge in [0.15, 0.2) is 0 Å². The third-order valence-electron chi connectivity index (χ3n) is 4.87. The van der Waals surface area contributed by atoms with Crippen LogP contribution in [-0.4, -0.2) is 80.4 Å². The Labute approximate surface area is 181 Å². The van der Waals surface area contributed by atoms with Crippen LogP contribution in [0.4, 0.5) is 4.79 Å². The van der Waals surface area contributed by atoms with Crippen LogP contribution < -0.4 is 0 Å². The van der Waals surface area contributed by atoms with Crippen LogP contribution in [0.2, 0.25) is 0 Å². The van der Waals surface area contributed by atoms with Gasteiger partial charge in [0.1, 0.15) is 19.8 Å². The van der Waals surface area contributed by atoms with Gasteiger partial charge in [-0.05, 0) is 74.9 Å². The van der Waals surface area contributed by atoms with Gasteiger partial charge in [-0.1, -0.05) is 0 Å². The highest BCUT2D eigenvalue weighted by Crippen LogP contribution is 2.26. The van der Waals surface area contributed by atoms with Crippen LogP contribution in [0.1, 0.15) is 60.8 Å². The molecule has 1 aliphatic rings. The second kappa shape index (κ2) is 11.0. The topological polar surface area (TPSA) is 85.4 Å². The van der Waals surface area contributed by atoms with E-state index in [2.05, 4.69) is 0 Å². The summed E-state index contributed by atoms with van der Waals surface area (Å²) in [5, 5.41) is 0. The highest BCUT2D eigenvalue weighted by atomic mass is 16.6. The lowest BCUT2D eigenvalue weighted by Gasteiger charge is -2.41. The molecule has 0 spiro atoms. The Bertz CT molecular complexity index is 553. The summed E-state index contributed by atoms with van der Waals surface area (Å²) in [5.41, 5.74) is -1.24. The molecule has 1 amide bonds. The molecule has 30 heavy (non-hydrogen) atoms. The molecule has 8 heteroatoms. The number of ether oxygens (including phenoxy) is 3. The minimum Gasteiger partial charge on any atom is -0.463 e. The Kier molecular flexibility index (Phi) is 9.59. The molecule has 0 saturated carbocycles. The van der Waals surface area contributed by atoms with Crippen LogP contribution >= 0.6 is 0 Å². The minimum absolute atomic E-state index is 0.0998. The standard InChI is InChI=1S/C22H40N2O6/c1-21(2,3)18(25)29-14-16-10-9-11-17(15-30-19(26)22(4,5)6)24(16)20(27)28-13-12-23(7)8/h16-17H,9-15H2,1-8H3/t16-,17+. The molecule has 0 N–H and O–H groups in total. The summed E-state index contributed by atoms with van der Waals surface area (Å²) in [7, 11) is 3.80. The number of piperidine rings is 1. The third-order valence-corrected chi connectivity index (χ3v) is 4.87. The molecule has 0 unspecified atom stereocenters. The van der Waals surface area contributed by atoms with Crippen LogP contribution in [0.25, 0.3) is 0 Å². The number of carbonyl (C=O) groups excluding carboxylic acids is 3. The van der Waals surface area contributed by atoms with Gasteiger partial charge >= 0.3 is 18.0 Å². The van der Waals surface area contributed by atoms with E-state index in [-0.39, 0.29) is 43.8 Å². The molecular weight excluding hydrogens is 388 g/mol. The molecule has 1 fully saturated rings. The molecule has 0 aromatic carbocycles. The number of likely N-dealkylation sites (N-methyl/N-ethyl adjacent to an activating group) is 1. The summed E-state index contributed by atoms with van der Waals surface area (Å²) in [6.07, 6.45) is 1.77. The van der Waals surface area contributed by atoms with Gasteiger partial charge in [-0.2, -0.15) is 0 Å². The van der Waals surface area contributed by atoms with Crippen molar-refractivity contribution in [2.75, 3.05) is 40.5 Å². The molecule has 0 bridgehead atoms. The molecule has 8 nitrogen and oxygen atoms in total. The van der Waals surface area contributed by atoms with Gasteiger partial charge in [0.2, 0.25) is 0 Å². The van der Waals surface area contributed by atoms with Crippen molar-refractivity contribution in [3.63, 3.8) is 0 Å². The average molecular weight is 429 g/mol. The molecule has 0 aliphatic carbocycles. The fourth-order valence-corrected chi connectivity index (χ4v) is 2.96. The zero-order valence-corrected chi connectivity index (χ0v) is 19.9. The Balaban J connectivity index is 2.88. The van der Waals surface area contributed by atoms with Gasteiger partial charge in [0.05, 0.1) is 22.9 Å². The molecule has 0 radical (unpaired) electrons. The average Bonchev–Trinajstić information content (AvgIpc) is 2.61. The molecular formula is C22H40N2O6. The van der Waals surface area contributed by atoms with Crippen molar-refractivity contribution >= 4 is 18.0 Å². The van der Waals surface area contributed by atoms with Gasteiger partial charge < -0.3 is 19.1 Å². The Morgan fingerprint density at radius 2 is 1.27 bits per heavy atom. The van der Waals surface area contributed by atoms with Crippen molar-refractivity contribution < 1.29 is 28.6 Å². The smallest absolute Gasteiger partial charge is 0.410 e. The summed E-state index contributed by atoms with van der Waals surface area (Å²) in [4.78, 5) is 40.8. The van der Waals surface area contributed by atoms with Gasteiger partial charge in [0.25, 0.3) is 0 Å². The molecule has 1 saturated heterocycles. The molecule has 0 aromatic rings. The van der Waals surface area contributed by atoms with Crippen LogP contribution in [-0.2, 0) is 23.8 Å². The summed E-state index contributed by atoms with van der Waals surface area (Å²) < 4.78 is 16.5. The zero-order chi connectivity index (χ0) is 23.1. The first-order chi connectivity index (χ1) is 13.7. The number of amides is 1. The summed E-state index contributed by atoms with van der Waals surface area (Å²) in [6.45, 7) is 11.8. The maximum atomic E-state index is 12.9. The van der Waals surface area contributed by atoms with Crippen molar-refractivity contribution in [3.05, 3.63) is 0 Å². The highest BCUT2D eigenvalue weighted by Gasteiger charge is 2.38. The number of rotatable bonds is 7. The van der Waals surface area contributed by atoms with Crippen molar-refractivity contribution in [1.29, 1.82) is 0 Å². The van der Waals surface area contributed by atoms with Crippen molar-refractivity contribution in [2.45, 2.75) is 72.9 Å². The van der Waals surface area contributed by atoms with Gasteiger partial charge in [0, 0.05) is 6.54 Å². The van der Waals surface area contributed by atoms with Crippen LogP contribution in [0.15, 0.2) is 0 Å². The third kappa shape index (κ3) is 8.50. The van der Waals surface area contributed by atoms with Crippen LogP contribution in [0.5, 0.6) is 0 Å². The largest absolute Gasteiger partial charge is 0.463 e. The summed E-state index contributed by atoms with van der Waals surface area (Å²) in [5.74, 6) is -0.630. The molecule has 1 aliphatic heterocycles. The Hall–Kier alpha value is -1.83. The van der Waals surface area contributed by atoms with Crippen LogP contribution in [0.3, 0.4) is 0 Å². The summed E-state index contributed by atoms with van der Waals surface area (Å²) >= 11 is 0. The maximum absolute atomic E-state index is 12.9. The fraction of sp³-hybridized carbons (Fsp3) is 0.864. The van der Waals surface area contributed by atoms with E-state index in [0.29, 0.717) is 19.4 Å². The molecule has 174 valence electrons. The summed E-state index contributed by atoms with van der Waals surface area (Å²) in [6, 6.07) is -0.620. The molecule has 0 aromatic heterocycles. The number of likely N-dealkylation sites (tertiary alicyclic amines) is 1. The van der Waals surface area contributed by atoms with E-state index in [1.807, 2.05) is 19.0 Å². The maximum Gasteiger partial charge on any atom is 0.410 e. The van der Waals surface area contributed by atoms with Crippen LogP contribution in [0, 0.1) is 10.8 Å². The predicted molar refractivity (Wildman–Crippen MR) is 114 cm³/mol. The van der Waals surface area contributed by atoms with E-state index in [9.17, 15) is 14.4 Å². The second-order valence-corrected chi connectivity index (χ2v) is 10.3. The fourth-order valence-electron chi connectivity index (χ4n) is 2.96. The normalized spacial score (nSPS) is 20.1. The van der Waals surface area contributed by atoms with Gasteiger partial charge in [-0.3, -0.25) is 14.5 Å². The van der Waals surface area contributed by atoms with E-state index in [1.54, 1.807) is 46.4 Å². The number of carbonyl (C=O) groups is 3. The number of hydrogen-bond acceptors (Lipinski definition) is 7. The monoisotopic (exact) mass is 428 g/mol. The minimum atomic E-state index is -0.618. The second-order valence-electron chi connectivity index (χ2n) is 10.3. The van der Waals surface area contributed by atoms with E-state index >= 15 is 0 Å². The first-order valence-electron chi connectivity index (χ1n) is 10.7. The molecule has 1 heterocycles. The van der Waals surface area contributed by atoms with Crippen molar-refractivity contribution in [1.82, 2.24) is 9.80 Å². The first-order valence-corrected chi connectivity index (χ1v) is 10.7. The number of esters is 2. The zero-order valence-electron chi connectivity index (χ0n) is 19.9. The van der Waals surface area contributed by atoms with E-state index in [1.165, 1.54) is 0 Å².